The van der Waals surface area contributed by atoms with Crippen LogP contribution in [0.5, 0.6) is 0 Å². The maximum absolute atomic E-state index is 11.7. The second-order valence-electron chi connectivity index (χ2n) is 4.31. The van der Waals surface area contributed by atoms with Crippen molar-refractivity contribution in [3.63, 3.8) is 0 Å². The molecule has 2 aliphatic rings. The highest BCUT2D eigenvalue weighted by molar-refractivity contribution is 7.87. The Kier molecular flexibility index (Phi) is 3.55. The van der Waals surface area contributed by atoms with Gasteiger partial charge in [-0.3, -0.25) is 0 Å². The molecule has 1 unspecified atom stereocenters. The van der Waals surface area contributed by atoms with Gasteiger partial charge < -0.3 is 0 Å². The quantitative estimate of drug-likeness (QED) is 0.741. The van der Waals surface area contributed by atoms with Crippen LogP contribution in [0.15, 0.2) is 0 Å². The number of alkyl halides is 1. The average molecular weight is 253 g/mol. The van der Waals surface area contributed by atoms with Gasteiger partial charge in [-0.25, -0.2) is 4.72 Å². The van der Waals surface area contributed by atoms with Crippen LogP contribution in [0.25, 0.3) is 0 Å². The summed E-state index contributed by atoms with van der Waals surface area (Å²) in [6.45, 7) is 1.66. The Hall–Kier alpha value is 0.160. The zero-order chi connectivity index (χ0) is 10.9. The highest BCUT2D eigenvalue weighted by atomic mass is 35.5. The van der Waals surface area contributed by atoms with Crippen molar-refractivity contribution >= 4 is 21.8 Å². The van der Waals surface area contributed by atoms with Crippen LogP contribution in [0.3, 0.4) is 0 Å². The van der Waals surface area contributed by atoms with Crippen molar-refractivity contribution in [3.05, 3.63) is 0 Å². The summed E-state index contributed by atoms with van der Waals surface area (Å²) in [6.07, 6.45) is 4.21. The lowest BCUT2D eigenvalue weighted by atomic mass is 10.3. The summed E-state index contributed by atoms with van der Waals surface area (Å²) < 4.78 is 27.6. The van der Waals surface area contributed by atoms with E-state index >= 15 is 0 Å². The maximum atomic E-state index is 11.7. The number of rotatable bonds is 5. The Labute approximate surface area is 96.2 Å². The van der Waals surface area contributed by atoms with Crippen molar-refractivity contribution in [3.8, 4) is 0 Å². The van der Waals surface area contributed by atoms with E-state index in [0.717, 1.165) is 25.7 Å². The van der Waals surface area contributed by atoms with Crippen molar-refractivity contribution in [2.24, 2.45) is 5.92 Å². The average Bonchev–Trinajstić information content (AvgIpc) is 2.89. The van der Waals surface area contributed by atoms with Gasteiger partial charge in [0.1, 0.15) is 0 Å². The molecule has 0 aromatic carbocycles. The van der Waals surface area contributed by atoms with Crippen LogP contribution in [0, 0.1) is 5.92 Å². The molecule has 0 amide bonds. The van der Waals surface area contributed by atoms with Gasteiger partial charge in [0, 0.05) is 25.0 Å². The first-order valence-electron chi connectivity index (χ1n) is 5.48. The molecular formula is C9H17ClN2O2S. The molecule has 2 rings (SSSR count). The van der Waals surface area contributed by atoms with Crippen molar-refractivity contribution in [2.75, 3.05) is 19.6 Å². The molecule has 1 atom stereocenters. The molecular weight excluding hydrogens is 236 g/mol. The summed E-state index contributed by atoms with van der Waals surface area (Å²) in [7, 11) is -3.26. The summed E-state index contributed by atoms with van der Waals surface area (Å²) in [5.41, 5.74) is 0. The fraction of sp³-hybridized carbons (Fsp3) is 1.00. The highest BCUT2D eigenvalue weighted by Gasteiger charge is 2.32. The summed E-state index contributed by atoms with van der Waals surface area (Å²) >= 11 is 6.05. The summed E-state index contributed by atoms with van der Waals surface area (Å²) in [6, 6.07) is 0. The van der Waals surface area contributed by atoms with Gasteiger partial charge >= 0.3 is 0 Å². The lowest BCUT2D eigenvalue weighted by Gasteiger charge is -2.17. The van der Waals surface area contributed by atoms with Gasteiger partial charge in [-0.1, -0.05) is 0 Å². The minimum absolute atomic E-state index is 0.0395. The van der Waals surface area contributed by atoms with Crippen LogP contribution in [0.2, 0.25) is 0 Å². The number of nitrogens with zero attached hydrogens (tertiary/aromatic N) is 1. The SMILES string of the molecule is O=S(=O)(NCC(Cl)C1CC1)N1CCCC1. The molecule has 0 radical (unpaired) electrons. The summed E-state index contributed by atoms with van der Waals surface area (Å²) in [5, 5.41) is -0.0395. The Morgan fingerprint density at radius 1 is 1.33 bits per heavy atom. The molecule has 88 valence electrons. The lowest BCUT2D eigenvalue weighted by Crippen LogP contribution is -2.41. The van der Waals surface area contributed by atoms with Crippen LogP contribution in [-0.2, 0) is 10.2 Å². The smallest absolute Gasteiger partial charge is 0.201 e. The highest BCUT2D eigenvalue weighted by Crippen LogP contribution is 2.35. The molecule has 2 fully saturated rings. The monoisotopic (exact) mass is 252 g/mol. The minimum atomic E-state index is -3.26. The van der Waals surface area contributed by atoms with E-state index in [1.54, 1.807) is 0 Å². The third-order valence-corrected chi connectivity index (χ3v) is 5.09. The first kappa shape index (κ1) is 11.6. The van der Waals surface area contributed by atoms with Gasteiger partial charge in [0.2, 0.25) is 0 Å². The van der Waals surface area contributed by atoms with Gasteiger partial charge in [0.05, 0.1) is 0 Å². The molecule has 0 aromatic rings. The van der Waals surface area contributed by atoms with Gasteiger partial charge in [-0.05, 0) is 31.6 Å². The van der Waals surface area contributed by atoms with Gasteiger partial charge in [-0.2, -0.15) is 12.7 Å². The van der Waals surface area contributed by atoms with E-state index in [1.807, 2.05) is 0 Å². The molecule has 6 heteroatoms. The van der Waals surface area contributed by atoms with E-state index in [0.29, 0.717) is 25.6 Å². The summed E-state index contributed by atoms with van der Waals surface area (Å²) in [4.78, 5) is 0. The molecule has 1 aliphatic carbocycles. The predicted octanol–water partition coefficient (Wildman–Crippen LogP) is 0.934. The largest absolute Gasteiger partial charge is 0.279 e. The zero-order valence-electron chi connectivity index (χ0n) is 8.65. The number of hydrogen-bond acceptors (Lipinski definition) is 2. The maximum Gasteiger partial charge on any atom is 0.279 e. The Balaban J connectivity index is 1.81. The molecule has 1 heterocycles. The van der Waals surface area contributed by atoms with E-state index in [1.165, 1.54) is 4.31 Å². The van der Waals surface area contributed by atoms with Gasteiger partial charge in [-0.15, -0.1) is 11.6 Å². The summed E-state index contributed by atoms with van der Waals surface area (Å²) in [5.74, 6) is 0.521. The third-order valence-electron chi connectivity index (χ3n) is 3.00. The van der Waals surface area contributed by atoms with Crippen LogP contribution in [0.4, 0.5) is 0 Å². The van der Waals surface area contributed by atoms with Crippen molar-refractivity contribution in [2.45, 2.75) is 31.1 Å². The van der Waals surface area contributed by atoms with Crippen molar-refractivity contribution < 1.29 is 8.42 Å². The molecule has 4 nitrogen and oxygen atoms in total. The fourth-order valence-corrected chi connectivity index (χ4v) is 3.56. The molecule has 15 heavy (non-hydrogen) atoms. The van der Waals surface area contributed by atoms with Crippen LogP contribution < -0.4 is 4.72 Å². The fourth-order valence-electron chi connectivity index (χ4n) is 1.83. The number of halogens is 1. The molecule has 0 spiro atoms. The second-order valence-corrected chi connectivity index (χ2v) is 6.63. The Morgan fingerprint density at radius 3 is 2.47 bits per heavy atom. The molecule has 1 saturated carbocycles. The zero-order valence-corrected chi connectivity index (χ0v) is 10.2. The van der Waals surface area contributed by atoms with E-state index in [2.05, 4.69) is 4.72 Å². The normalized spacial score (nSPS) is 25.7. The van der Waals surface area contributed by atoms with Crippen LogP contribution in [0.1, 0.15) is 25.7 Å². The van der Waals surface area contributed by atoms with E-state index < -0.39 is 10.2 Å². The van der Waals surface area contributed by atoms with Crippen LogP contribution in [-0.4, -0.2) is 37.7 Å². The molecule has 1 aliphatic heterocycles. The molecule has 0 bridgehead atoms. The van der Waals surface area contributed by atoms with Crippen molar-refractivity contribution in [1.82, 2.24) is 9.03 Å². The third kappa shape index (κ3) is 3.06. The predicted molar refractivity (Wildman–Crippen MR) is 60.1 cm³/mol. The molecule has 1 saturated heterocycles. The van der Waals surface area contributed by atoms with Crippen LogP contribution >= 0.6 is 11.6 Å². The number of nitrogens with one attached hydrogen (secondary N) is 1. The Bertz CT molecular complexity index is 310. The first-order chi connectivity index (χ1) is 7.09. The number of hydrogen-bond donors (Lipinski definition) is 1. The van der Waals surface area contributed by atoms with E-state index in [-0.39, 0.29) is 5.38 Å². The Morgan fingerprint density at radius 2 is 1.93 bits per heavy atom. The molecule has 1 N–H and O–H groups in total. The van der Waals surface area contributed by atoms with Crippen molar-refractivity contribution in [1.29, 1.82) is 0 Å². The topological polar surface area (TPSA) is 49.4 Å². The van der Waals surface area contributed by atoms with Gasteiger partial charge in [0.25, 0.3) is 10.2 Å². The standard InChI is InChI=1S/C9H17ClN2O2S/c10-9(8-3-4-8)7-11-15(13,14)12-5-1-2-6-12/h8-9,11H,1-7H2. The van der Waals surface area contributed by atoms with E-state index in [4.69, 9.17) is 11.6 Å². The second kappa shape index (κ2) is 4.57. The molecule has 0 aromatic heterocycles. The lowest BCUT2D eigenvalue weighted by molar-refractivity contribution is 0.463. The first-order valence-corrected chi connectivity index (χ1v) is 7.36. The van der Waals surface area contributed by atoms with E-state index in [9.17, 15) is 8.42 Å². The van der Waals surface area contributed by atoms with Gasteiger partial charge in [0.15, 0.2) is 0 Å². The minimum Gasteiger partial charge on any atom is -0.201 e.